The quantitative estimate of drug-likeness (QED) is 0.874. The first-order valence-electron chi connectivity index (χ1n) is 6.43. The van der Waals surface area contributed by atoms with Crippen molar-refractivity contribution in [2.45, 2.75) is 32.4 Å². The van der Waals surface area contributed by atoms with E-state index in [0.717, 1.165) is 0 Å². The topological polar surface area (TPSA) is 68.5 Å². The van der Waals surface area contributed by atoms with Crippen LogP contribution in [0, 0.1) is 0 Å². The predicted molar refractivity (Wildman–Crippen MR) is 79.4 cm³/mol. The molecule has 1 unspecified atom stereocenters. The van der Waals surface area contributed by atoms with Gasteiger partial charge in [-0.25, -0.2) is 4.79 Å². The van der Waals surface area contributed by atoms with Gasteiger partial charge in [0.1, 0.15) is 23.5 Å². The number of hydrogen-bond acceptors (Lipinski definition) is 4. The van der Waals surface area contributed by atoms with Gasteiger partial charge in [-0.1, -0.05) is 18.2 Å². The lowest BCUT2D eigenvalue weighted by molar-refractivity contribution is -0.109. The van der Waals surface area contributed by atoms with Gasteiger partial charge in [-0.15, -0.1) is 0 Å². The van der Waals surface area contributed by atoms with Crippen LogP contribution < -0.4 is 5.32 Å². The number of alkyl carbamates (subject to hydrolysis) is 1. The fourth-order valence-electron chi connectivity index (χ4n) is 1.93. The molecule has 1 aromatic carbocycles. The van der Waals surface area contributed by atoms with Gasteiger partial charge in [0.05, 0.1) is 0 Å². The van der Waals surface area contributed by atoms with E-state index >= 15 is 0 Å². The SMILES string of the molecule is CC(C)(C)OC(=O)NC(C=O)c1c(Cl)oc2ccccc12. The molecule has 0 spiro atoms. The van der Waals surface area contributed by atoms with E-state index < -0.39 is 17.7 Å². The lowest BCUT2D eigenvalue weighted by Gasteiger charge is -2.21. The zero-order valence-corrected chi connectivity index (χ0v) is 12.7. The van der Waals surface area contributed by atoms with Gasteiger partial charge in [0.15, 0.2) is 5.22 Å². The number of carbonyl (C=O) groups excluding carboxylic acids is 2. The highest BCUT2D eigenvalue weighted by atomic mass is 35.5. The van der Waals surface area contributed by atoms with Gasteiger partial charge in [0.2, 0.25) is 0 Å². The molecule has 0 aliphatic rings. The smallest absolute Gasteiger partial charge is 0.408 e. The number of nitrogens with one attached hydrogen (secondary N) is 1. The lowest BCUT2D eigenvalue weighted by Crippen LogP contribution is -2.35. The zero-order valence-electron chi connectivity index (χ0n) is 12.0. The van der Waals surface area contributed by atoms with Crippen LogP contribution in [0.25, 0.3) is 11.0 Å². The standard InChI is InChI=1S/C15H16ClNO4/c1-15(2,3)21-14(19)17-10(8-18)12-9-6-4-5-7-11(9)20-13(12)16/h4-8,10H,1-3H3,(H,17,19). The van der Waals surface area contributed by atoms with Crippen molar-refractivity contribution in [3.63, 3.8) is 0 Å². The molecule has 6 heteroatoms. The van der Waals surface area contributed by atoms with Gasteiger partial charge in [-0.2, -0.15) is 0 Å². The molecule has 2 aromatic rings. The molecule has 0 bridgehead atoms. The number of benzene rings is 1. The Bertz CT molecular complexity index is 672. The second kappa shape index (κ2) is 5.77. The van der Waals surface area contributed by atoms with E-state index in [9.17, 15) is 9.59 Å². The molecule has 112 valence electrons. The van der Waals surface area contributed by atoms with Gasteiger partial charge in [0.25, 0.3) is 0 Å². The largest absolute Gasteiger partial charge is 0.444 e. The molecule has 0 fully saturated rings. The summed E-state index contributed by atoms with van der Waals surface area (Å²) in [7, 11) is 0. The normalized spacial score (nSPS) is 13.0. The Morgan fingerprint density at radius 2 is 2.05 bits per heavy atom. The molecular weight excluding hydrogens is 294 g/mol. The number of furan rings is 1. The van der Waals surface area contributed by atoms with Crippen molar-refractivity contribution >= 4 is 34.9 Å². The van der Waals surface area contributed by atoms with Crippen LogP contribution in [0.15, 0.2) is 28.7 Å². The highest BCUT2D eigenvalue weighted by Gasteiger charge is 2.25. The molecule has 21 heavy (non-hydrogen) atoms. The summed E-state index contributed by atoms with van der Waals surface area (Å²) in [4.78, 5) is 23.1. The maximum atomic E-state index is 11.8. The van der Waals surface area contributed by atoms with Gasteiger partial charge < -0.3 is 19.3 Å². The summed E-state index contributed by atoms with van der Waals surface area (Å²) < 4.78 is 10.5. The van der Waals surface area contributed by atoms with Crippen molar-refractivity contribution in [1.29, 1.82) is 0 Å². The molecule has 1 atom stereocenters. The molecule has 0 radical (unpaired) electrons. The molecule has 2 rings (SSSR count). The van der Waals surface area contributed by atoms with Crippen molar-refractivity contribution in [3.8, 4) is 0 Å². The Morgan fingerprint density at radius 3 is 2.67 bits per heavy atom. The van der Waals surface area contributed by atoms with E-state index in [1.165, 1.54) is 0 Å². The van der Waals surface area contributed by atoms with Crippen molar-refractivity contribution in [3.05, 3.63) is 35.0 Å². The van der Waals surface area contributed by atoms with Crippen molar-refractivity contribution in [2.24, 2.45) is 0 Å². The van der Waals surface area contributed by atoms with E-state index in [1.807, 2.05) is 0 Å². The molecule has 1 heterocycles. The third-order valence-electron chi connectivity index (χ3n) is 2.71. The number of rotatable bonds is 3. The second-order valence-corrected chi connectivity index (χ2v) is 5.89. The van der Waals surface area contributed by atoms with Crippen LogP contribution >= 0.6 is 11.6 Å². The number of hydrogen-bond donors (Lipinski definition) is 1. The van der Waals surface area contributed by atoms with Crippen molar-refractivity contribution in [2.75, 3.05) is 0 Å². The first kappa shape index (κ1) is 15.4. The number of para-hydroxylation sites is 1. The number of carbonyl (C=O) groups is 2. The lowest BCUT2D eigenvalue weighted by atomic mass is 10.1. The Morgan fingerprint density at radius 1 is 1.38 bits per heavy atom. The van der Waals surface area contributed by atoms with Crippen LogP contribution in [0.2, 0.25) is 5.22 Å². The number of ether oxygens (including phenoxy) is 1. The maximum absolute atomic E-state index is 11.8. The Labute approximate surface area is 127 Å². The highest BCUT2D eigenvalue weighted by molar-refractivity contribution is 6.31. The molecule has 5 nitrogen and oxygen atoms in total. The number of halogens is 1. The van der Waals surface area contributed by atoms with E-state index in [4.69, 9.17) is 20.8 Å². The van der Waals surface area contributed by atoms with Crippen LogP contribution in [0.1, 0.15) is 32.4 Å². The van der Waals surface area contributed by atoms with Gasteiger partial charge in [-0.05, 0) is 38.4 Å². The Balaban J connectivity index is 2.30. The monoisotopic (exact) mass is 309 g/mol. The molecule has 0 aliphatic heterocycles. The van der Waals surface area contributed by atoms with Crippen LogP contribution in [-0.2, 0) is 9.53 Å². The van der Waals surface area contributed by atoms with Crippen LogP contribution in [0.3, 0.4) is 0 Å². The summed E-state index contributed by atoms with van der Waals surface area (Å²) in [6.07, 6.45) is -0.103. The molecule has 0 saturated carbocycles. The third-order valence-corrected chi connectivity index (χ3v) is 2.99. The molecule has 0 saturated heterocycles. The molecule has 1 amide bonds. The molecule has 1 N–H and O–H groups in total. The van der Waals surface area contributed by atoms with Crippen molar-refractivity contribution in [1.82, 2.24) is 5.32 Å². The summed E-state index contributed by atoms with van der Waals surface area (Å²) in [6.45, 7) is 5.22. The van der Waals surface area contributed by atoms with E-state index in [-0.39, 0.29) is 5.22 Å². The average Bonchev–Trinajstić information content (AvgIpc) is 2.70. The van der Waals surface area contributed by atoms with Gasteiger partial charge >= 0.3 is 6.09 Å². The average molecular weight is 310 g/mol. The van der Waals surface area contributed by atoms with Gasteiger partial charge in [0, 0.05) is 10.9 Å². The van der Waals surface area contributed by atoms with E-state index in [0.29, 0.717) is 22.8 Å². The maximum Gasteiger partial charge on any atom is 0.408 e. The first-order chi connectivity index (χ1) is 9.81. The van der Waals surface area contributed by atoms with Gasteiger partial charge in [-0.3, -0.25) is 0 Å². The molecule has 1 aromatic heterocycles. The van der Waals surface area contributed by atoms with E-state index in [1.54, 1.807) is 45.0 Å². The fourth-order valence-corrected chi connectivity index (χ4v) is 2.24. The predicted octanol–water partition coefficient (Wildman–Crippen LogP) is 3.85. The Kier molecular flexibility index (Phi) is 4.23. The minimum Gasteiger partial charge on any atom is -0.444 e. The minimum atomic E-state index is -0.934. The number of amides is 1. The summed E-state index contributed by atoms with van der Waals surface area (Å²) in [5.74, 6) is 0. The summed E-state index contributed by atoms with van der Waals surface area (Å²) >= 11 is 6.04. The summed E-state index contributed by atoms with van der Waals surface area (Å²) in [6, 6.07) is 6.17. The van der Waals surface area contributed by atoms with Crippen LogP contribution in [-0.4, -0.2) is 18.0 Å². The van der Waals surface area contributed by atoms with E-state index in [2.05, 4.69) is 5.32 Å². The number of fused-ring (bicyclic) bond motifs is 1. The van der Waals surface area contributed by atoms with Crippen LogP contribution in [0.5, 0.6) is 0 Å². The van der Waals surface area contributed by atoms with Crippen LogP contribution in [0.4, 0.5) is 4.79 Å². The number of aldehydes is 1. The van der Waals surface area contributed by atoms with Crippen molar-refractivity contribution < 1.29 is 18.7 Å². The second-order valence-electron chi connectivity index (χ2n) is 5.55. The summed E-state index contributed by atoms with van der Waals surface area (Å²) in [5.41, 5.74) is 0.322. The Hall–Kier alpha value is -2.01. The fraction of sp³-hybridized carbons (Fsp3) is 0.333. The molecular formula is C15H16ClNO4. The summed E-state index contributed by atoms with van der Waals surface area (Å²) in [5, 5.41) is 3.23. The zero-order chi connectivity index (χ0) is 15.6. The highest BCUT2D eigenvalue weighted by Crippen LogP contribution is 2.33. The third kappa shape index (κ3) is 3.55. The minimum absolute atomic E-state index is 0.0735. The molecule has 0 aliphatic carbocycles. The first-order valence-corrected chi connectivity index (χ1v) is 6.81.